The lowest BCUT2D eigenvalue weighted by Gasteiger charge is -1.96. The van der Waals surface area contributed by atoms with E-state index >= 15 is 0 Å². The maximum Gasteiger partial charge on any atom is 0.0345 e. The van der Waals surface area contributed by atoms with Crippen LogP contribution in [0.15, 0.2) is 40.2 Å². The molecule has 0 bridgehead atoms. The molecule has 2 aromatic rings. The Labute approximate surface area is 102 Å². The number of hydrogen-bond donors (Lipinski definition) is 1. The van der Waals surface area contributed by atoms with Crippen molar-refractivity contribution in [1.82, 2.24) is 0 Å². The van der Waals surface area contributed by atoms with Crippen LogP contribution in [0.4, 0.5) is 0 Å². The van der Waals surface area contributed by atoms with Crippen molar-refractivity contribution in [1.29, 1.82) is 0 Å². The number of nitrogens with two attached hydrogens (primary N) is 1. The second-order valence-corrected chi connectivity index (χ2v) is 5.19. The zero-order valence-corrected chi connectivity index (χ0v) is 10.6. The number of benzene rings is 1. The summed E-state index contributed by atoms with van der Waals surface area (Å²) >= 11 is 5.21. The van der Waals surface area contributed by atoms with E-state index in [0.29, 0.717) is 0 Å². The average Bonchev–Trinajstić information content (AvgIpc) is 2.68. The van der Waals surface area contributed by atoms with E-state index in [0.717, 1.165) is 17.4 Å². The van der Waals surface area contributed by atoms with Crippen LogP contribution >= 0.6 is 27.3 Å². The maximum atomic E-state index is 5.53. The molecule has 0 saturated heterocycles. The molecule has 2 N–H and O–H groups in total. The van der Waals surface area contributed by atoms with Crippen molar-refractivity contribution in [2.24, 2.45) is 5.73 Å². The molecular formula is C12H12BrNS. The molecule has 2 rings (SSSR count). The van der Waals surface area contributed by atoms with Crippen LogP contribution in [0, 0.1) is 0 Å². The van der Waals surface area contributed by atoms with Crippen molar-refractivity contribution in [3.8, 4) is 10.4 Å². The molecule has 1 nitrogen and oxygen atoms in total. The molecule has 0 fully saturated rings. The van der Waals surface area contributed by atoms with Crippen LogP contribution < -0.4 is 5.73 Å². The molecule has 0 radical (unpaired) electrons. The van der Waals surface area contributed by atoms with Crippen molar-refractivity contribution in [3.05, 3.63) is 45.7 Å². The van der Waals surface area contributed by atoms with Crippen LogP contribution in [0.2, 0.25) is 0 Å². The largest absolute Gasteiger partial charge is 0.330 e. The van der Waals surface area contributed by atoms with Gasteiger partial charge in [0.1, 0.15) is 0 Å². The third-order valence-corrected chi connectivity index (χ3v) is 3.77. The first kappa shape index (κ1) is 10.9. The predicted octanol–water partition coefficient (Wildman–Crippen LogP) is 3.68. The smallest absolute Gasteiger partial charge is 0.0345 e. The highest BCUT2D eigenvalue weighted by Crippen LogP contribution is 2.28. The van der Waals surface area contributed by atoms with Gasteiger partial charge in [-0.15, -0.1) is 11.3 Å². The molecule has 1 aromatic carbocycles. The predicted molar refractivity (Wildman–Crippen MR) is 70.2 cm³/mol. The summed E-state index contributed by atoms with van der Waals surface area (Å²) < 4.78 is 1.12. The summed E-state index contributed by atoms with van der Waals surface area (Å²) in [6.07, 6.45) is 0.965. The first-order valence-electron chi connectivity index (χ1n) is 4.83. The van der Waals surface area contributed by atoms with Crippen molar-refractivity contribution in [2.75, 3.05) is 6.54 Å². The summed E-state index contributed by atoms with van der Waals surface area (Å²) in [6.45, 7) is 0.719. The van der Waals surface area contributed by atoms with E-state index in [1.54, 1.807) is 11.3 Å². The lowest BCUT2D eigenvalue weighted by molar-refractivity contribution is 0.974. The monoisotopic (exact) mass is 281 g/mol. The second kappa shape index (κ2) is 4.92. The lowest BCUT2D eigenvalue weighted by Crippen LogP contribution is -2.01. The van der Waals surface area contributed by atoms with Crippen LogP contribution in [0.25, 0.3) is 10.4 Å². The Hall–Kier alpha value is -0.640. The van der Waals surface area contributed by atoms with Crippen molar-refractivity contribution < 1.29 is 0 Å². The van der Waals surface area contributed by atoms with E-state index < -0.39 is 0 Å². The molecule has 78 valence electrons. The molecule has 15 heavy (non-hydrogen) atoms. The number of halogens is 1. The van der Waals surface area contributed by atoms with Gasteiger partial charge in [0.2, 0.25) is 0 Å². The van der Waals surface area contributed by atoms with Crippen molar-refractivity contribution in [3.63, 3.8) is 0 Å². The van der Waals surface area contributed by atoms with Gasteiger partial charge in [-0.25, -0.2) is 0 Å². The topological polar surface area (TPSA) is 26.0 Å². The van der Waals surface area contributed by atoms with E-state index in [1.165, 1.54) is 16.0 Å². The summed E-state index contributed by atoms with van der Waals surface area (Å²) in [5, 5.41) is 2.18. The third kappa shape index (κ3) is 2.68. The van der Waals surface area contributed by atoms with Gasteiger partial charge < -0.3 is 5.73 Å². The molecule has 1 heterocycles. The summed E-state index contributed by atoms with van der Waals surface area (Å²) in [7, 11) is 0. The van der Waals surface area contributed by atoms with Gasteiger partial charge in [0.25, 0.3) is 0 Å². The minimum absolute atomic E-state index is 0.719. The zero-order chi connectivity index (χ0) is 10.7. The van der Waals surface area contributed by atoms with Gasteiger partial charge in [-0.1, -0.05) is 28.1 Å². The summed E-state index contributed by atoms with van der Waals surface area (Å²) in [5.41, 5.74) is 8.13. The summed E-state index contributed by atoms with van der Waals surface area (Å²) in [6, 6.07) is 10.6. The standard InChI is InChI=1S/C12H12BrNS/c13-11-3-1-10(2-4-11)12-7-9(5-6-14)8-15-12/h1-4,7-8H,5-6,14H2. The minimum Gasteiger partial charge on any atom is -0.330 e. The molecule has 0 aliphatic heterocycles. The molecular weight excluding hydrogens is 270 g/mol. The van der Waals surface area contributed by atoms with Gasteiger partial charge in [0.15, 0.2) is 0 Å². The Morgan fingerprint density at radius 1 is 1.20 bits per heavy atom. The normalized spacial score (nSPS) is 10.5. The highest BCUT2D eigenvalue weighted by molar-refractivity contribution is 9.10. The Bertz CT molecular complexity index is 433. The number of rotatable bonds is 3. The summed E-state index contributed by atoms with van der Waals surface area (Å²) in [5.74, 6) is 0. The third-order valence-electron chi connectivity index (χ3n) is 2.22. The SMILES string of the molecule is NCCc1csc(-c2ccc(Br)cc2)c1. The van der Waals surface area contributed by atoms with E-state index in [2.05, 4.69) is 51.6 Å². The first-order chi connectivity index (χ1) is 7.29. The van der Waals surface area contributed by atoms with Crippen molar-refractivity contribution >= 4 is 27.3 Å². The van der Waals surface area contributed by atoms with Crippen molar-refractivity contribution in [2.45, 2.75) is 6.42 Å². The van der Waals surface area contributed by atoms with Gasteiger partial charge in [0.05, 0.1) is 0 Å². The fourth-order valence-corrected chi connectivity index (χ4v) is 2.66. The Morgan fingerprint density at radius 3 is 2.60 bits per heavy atom. The molecule has 0 aliphatic rings. The number of thiophene rings is 1. The van der Waals surface area contributed by atoms with E-state index in [-0.39, 0.29) is 0 Å². The van der Waals surface area contributed by atoms with E-state index in [9.17, 15) is 0 Å². The quantitative estimate of drug-likeness (QED) is 0.913. The fourth-order valence-electron chi connectivity index (χ4n) is 1.44. The van der Waals surface area contributed by atoms with Gasteiger partial charge in [0, 0.05) is 9.35 Å². The van der Waals surface area contributed by atoms with Gasteiger partial charge in [-0.05, 0) is 47.7 Å². The lowest BCUT2D eigenvalue weighted by atomic mass is 10.1. The average molecular weight is 282 g/mol. The zero-order valence-electron chi connectivity index (χ0n) is 8.24. The van der Waals surface area contributed by atoms with Gasteiger partial charge >= 0.3 is 0 Å². The van der Waals surface area contributed by atoms with Crippen LogP contribution in [0.5, 0.6) is 0 Å². The van der Waals surface area contributed by atoms with Gasteiger partial charge in [-0.3, -0.25) is 0 Å². The van der Waals surface area contributed by atoms with Crippen LogP contribution in [-0.2, 0) is 6.42 Å². The van der Waals surface area contributed by atoms with E-state index in [1.807, 2.05) is 0 Å². The molecule has 3 heteroatoms. The first-order valence-corrected chi connectivity index (χ1v) is 6.50. The molecule has 0 spiro atoms. The molecule has 1 aromatic heterocycles. The molecule has 0 saturated carbocycles. The maximum absolute atomic E-state index is 5.53. The number of hydrogen-bond acceptors (Lipinski definition) is 2. The minimum atomic E-state index is 0.719. The summed E-state index contributed by atoms with van der Waals surface area (Å²) in [4.78, 5) is 1.31. The Kier molecular flexibility index (Phi) is 3.57. The fraction of sp³-hybridized carbons (Fsp3) is 0.167. The Balaban J connectivity index is 2.25. The Morgan fingerprint density at radius 2 is 1.93 bits per heavy atom. The highest BCUT2D eigenvalue weighted by atomic mass is 79.9. The molecule has 0 aliphatic carbocycles. The van der Waals surface area contributed by atoms with Crippen LogP contribution in [-0.4, -0.2) is 6.54 Å². The highest BCUT2D eigenvalue weighted by Gasteiger charge is 2.01. The van der Waals surface area contributed by atoms with Crippen LogP contribution in [0.1, 0.15) is 5.56 Å². The second-order valence-electron chi connectivity index (χ2n) is 3.36. The molecule has 0 amide bonds. The molecule has 0 atom stereocenters. The molecule has 0 unspecified atom stereocenters. The van der Waals surface area contributed by atoms with Crippen LogP contribution in [0.3, 0.4) is 0 Å². The van der Waals surface area contributed by atoms with E-state index in [4.69, 9.17) is 5.73 Å². The van der Waals surface area contributed by atoms with Gasteiger partial charge in [-0.2, -0.15) is 0 Å².